The summed E-state index contributed by atoms with van der Waals surface area (Å²) in [5, 5.41) is 0. The van der Waals surface area contributed by atoms with Gasteiger partial charge in [-0.25, -0.2) is 0 Å². The van der Waals surface area contributed by atoms with Gasteiger partial charge in [0.15, 0.2) is 6.29 Å². The lowest BCUT2D eigenvalue weighted by Crippen LogP contribution is -2.31. The molecule has 5 atom stereocenters. The van der Waals surface area contributed by atoms with E-state index >= 15 is 0 Å². The molecule has 0 N–H and O–H groups in total. The van der Waals surface area contributed by atoms with Crippen molar-refractivity contribution in [3.05, 3.63) is 12.2 Å². The highest BCUT2D eigenvalue weighted by atomic mass is 16.7. The van der Waals surface area contributed by atoms with Crippen molar-refractivity contribution in [2.45, 2.75) is 90.4 Å². The van der Waals surface area contributed by atoms with E-state index in [-0.39, 0.29) is 17.8 Å². The van der Waals surface area contributed by atoms with Gasteiger partial charge in [-0.2, -0.15) is 0 Å². The first-order chi connectivity index (χ1) is 12.6. The van der Waals surface area contributed by atoms with Crippen LogP contribution < -0.4 is 0 Å². The van der Waals surface area contributed by atoms with Crippen molar-refractivity contribution in [2.75, 3.05) is 6.61 Å². The van der Waals surface area contributed by atoms with Gasteiger partial charge in [-0.3, -0.25) is 4.79 Å². The van der Waals surface area contributed by atoms with Crippen LogP contribution in [-0.4, -0.2) is 24.8 Å². The minimum Gasteiger partial charge on any atom is -0.353 e. The zero-order valence-corrected chi connectivity index (χ0v) is 16.5. The third kappa shape index (κ3) is 4.78. The lowest BCUT2D eigenvalue weighted by atomic mass is 9.79. The van der Waals surface area contributed by atoms with Crippen LogP contribution in [0.1, 0.15) is 78.1 Å². The molecule has 3 fully saturated rings. The SMILES string of the molecule is CC#CCCC(C)[C@@H](/C=C/C12CCCC1CC(=O)C2)OC1CCCCO1. The van der Waals surface area contributed by atoms with Crippen LogP contribution in [0.2, 0.25) is 0 Å². The van der Waals surface area contributed by atoms with Crippen LogP contribution in [0.4, 0.5) is 0 Å². The topological polar surface area (TPSA) is 35.5 Å². The van der Waals surface area contributed by atoms with Crippen molar-refractivity contribution in [1.29, 1.82) is 0 Å². The first-order valence-electron chi connectivity index (χ1n) is 10.5. The molecule has 0 amide bonds. The minimum atomic E-state index is -0.0832. The van der Waals surface area contributed by atoms with Gasteiger partial charge in [-0.1, -0.05) is 25.5 Å². The molecule has 1 saturated heterocycles. The summed E-state index contributed by atoms with van der Waals surface area (Å²) in [4.78, 5) is 12.0. The van der Waals surface area contributed by atoms with Crippen LogP contribution >= 0.6 is 0 Å². The van der Waals surface area contributed by atoms with Crippen LogP contribution in [-0.2, 0) is 14.3 Å². The monoisotopic (exact) mass is 358 g/mol. The first kappa shape index (κ1) is 19.6. The number of rotatable bonds is 7. The largest absolute Gasteiger partial charge is 0.353 e. The summed E-state index contributed by atoms with van der Waals surface area (Å²) in [5.41, 5.74) is 0.106. The highest BCUT2D eigenvalue weighted by molar-refractivity contribution is 5.82. The molecule has 1 heterocycles. The molecule has 2 aliphatic carbocycles. The smallest absolute Gasteiger partial charge is 0.158 e. The van der Waals surface area contributed by atoms with Gasteiger partial charge in [-0.15, -0.1) is 11.8 Å². The lowest BCUT2D eigenvalue weighted by molar-refractivity contribution is -0.186. The summed E-state index contributed by atoms with van der Waals surface area (Å²) in [7, 11) is 0. The van der Waals surface area contributed by atoms with E-state index in [2.05, 4.69) is 30.9 Å². The number of allylic oxidation sites excluding steroid dienone is 1. The molecule has 3 heteroatoms. The van der Waals surface area contributed by atoms with E-state index in [1.807, 2.05) is 6.92 Å². The van der Waals surface area contributed by atoms with Crippen LogP contribution in [0.15, 0.2) is 12.2 Å². The molecule has 0 spiro atoms. The zero-order valence-electron chi connectivity index (χ0n) is 16.5. The number of hydrogen-bond acceptors (Lipinski definition) is 3. The number of ketones is 1. The summed E-state index contributed by atoms with van der Waals surface area (Å²) in [6.45, 7) is 4.95. The second-order valence-electron chi connectivity index (χ2n) is 8.44. The maximum Gasteiger partial charge on any atom is 0.158 e. The van der Waals surface area contributed by atoms with Crippen molar-refractivity contribution < 1.29 is 14.3 Å². The summed E-state index contributed by atoms with van der Waals surface area (Å²) in [6, 6.07) is 0. The Morgan fingerprint density at radius 2 is 2.23 bits per heavy atom. The van der Waals surface area contributed by atoms with Crippen molar-refractivity contribution in [2.24, 2.45) is 17.3 Å². The molecule has 26 heavy (non-hydrogen) atoms. The standard InChI is InChI=1S/C23H34O3/c1-3-4-5-9-18(2)21(26-22-11-6-7-15-25-22)12-14-23-13-8-10-19(23)16-20(24)17-23/h12,14,18-19,21-22H,5-11,13,15-17H2,1-2H3/b14-12+/t18?,19?,21-,22?,23?/m1/s1. The van der Waals surface area contributed by atoms with E-state index in [0.717, 1.165) is 51.6 Å². The Bertz CT molecular complexity index is 564. The van der Waals surface area contributed by atoms with Gasteiger partial charge in [0, 0.05) is 25.9 Å². The highest BCUT2D eigenvalue weighted by Crippen LogP contribution is 2.54. The van der Waals surface area contributed by atoms with Gasteiger partial charge in [0.1, 0.15) is 5.78 Å². The third-order valence-corrected chi connectivity index (χ3v) is 6.54. The molecule has 0 aromatic rings. The lowest BCUT2D eigenvalue weighted by Gasteiger charge is -2.31. The molecule has 0 bridgehead atoms. The van der Waals surface area contributed by atoms with E-state index in [1.54, 1.807) is 0 Å². The summed E-state index contributed by atoms with van der Waals surface area (Å²) in [6.07, 6.45) is 14.9. The zero-order chi connectivity index (χ0) is 18.4. The second-order valence-corrected chi connectivity index (χ2v) is 8.44. The molecule has 3 rings (SSSR count). The molecule has 0 aromatic carbocycles. The molecule has 4 unspecified atom stereocenters. The highest BCUT2D eigenvalue weighted by Gasteiger charge is 2.48. The van der Waals surface area contributed by atoms with Gasteiger partial charge in [-0.05, 0) is 62.7 Å². The quantitative estimate of drug-likeness (QED) is 0.472. The van der Waals surface area contributed by atoms with Crippen molar-refractivity contribution in [3.63, 3.8) is 0 Å². The van der Waals surface area contributed by atoms with Gasteiger partial charge in [0.25, 0.3) is 0 Å². The average Bonchev–Trinajstić information content (AvgIpc) is 3.15. The molecule has 1 aliphatic heterocycles. The Hall–Kier alpha value is -1.11. The van der Waals surface area contributed by atoms with E-state index in [4.69, 9.17) is 9.47 Å². The van der Waals surface area contributed by atoms with E-state index < -0.39 is 0 Å². The number of carbonyl (C=O) groups excluding carboxylic acids is 1. The fourth-order valence-electron chi connectivity index (χ4n) is 4.94. The number of hydrogen-bond donors (Lipinski definition) is 0. The van der Waals surface area contributed by atoms with Gasteiger partial charge >= 0.3 is 0 Å². The van der Waals surface area contributed by atoms with Crippen LogP contribution in [0.25, 0.3) is 0 Å². The molecule has 2 saturated carbocycles. The summed E-state index contributed by atoms with van der Waals surface area (Å²) >= 11 is 0. The van der Waals surface area contributed by atoms with Crippen LogP contribution in [0.5, 0.6) is 0 Å². The number of carbonyl (C=O) groups is 1. The number of Topliss-reactive ketones (excluding diaryl/α,β-unsaturated/α-hetero) is 1. The predicted molar refractivity (Wildman–Crippen MR) is 103 cm³/mol. The van der Waals surface area contributed by atoms with Gasteiger partial charge in [0.2, 0.25) is 0 Å². The van der Waals surface area contributed by atoms with Crippen LogP contribution in [0.3, 0.4) is 0 Å². The van der Waals surface area contributed by atoms with E-state index in [9.17, 15) is 4.79 Å². The van der Waals surface area contributed by atoms with E-state index in [0.29, 0.717) is 17.6 Å². The summed E-state index contributed by atoms with van der Waals surface area (Å²) < 4.78 is 12.2. The maximum atomic E-state index is 12.0. The maximum absolute atomic E-state index is 12.0. The Morgan fingerprint density at radius 3 is 3.00 bits per heavy atom. The molecule has 144 valence electrons. The van der Waals surface area contributed by atoms with Crippen molar-refractivity contribution in [1.82, 2.24) is 0 Å². The molecule has 0 radical (unpaired) electrons. The first-order valence-corrected chi connectivity index (χ1v) is 10.5. The van der Waals surface area contributed by atoms with E-state index in [1.165, 1.54) is 19.3 Å². The molecule has 3 nitrogen and oxygen atoms in total. The number of fused-ring (bicyclic) bond motifs is 1. The Morgan fingerprint density at radius 1 is 1.35 bits per heavy atom. The minimum absolute atomic E-state index is 0.0445. The second kappa shape index (κ2) is 9.20. The van der Waals surface area contributed by atoms with Gasteiger partial charge < -0.3 is 9.47 Å². The molecule has 3 aliphatic rings. The third-order valence-electron chi connectivity index (χ3n) is 6.54. The van der Waals surface area contributed by atoms with Crippen molar-refractivity contribution in [3.8, 4) is 11.8 Å². The predicted octanol–water partition coefficient (Wildman–Crippen LogP) is 5.04. The average molecular weight is 359 g/mol. The normalized spacial score (nSPS) is 33.7. The van der Waals surface area contributed by atoms with Crippen molar-refractivity contribution >= 4 is 5.78 Å². The fraction of sp³-hybridized carbons (Fsp3) is 0.783. The van der Waals surface area contributed by atoms with Crippen LogP contribution in [0, 0.1) is 29.1 Å². The fourth-order valence-corrected chi connectivity index (χ4v) is 4.94. The molecule has 0 aromatic heterocycles. The Labute approximate surface area is 158 Å². The Balaban J connectivity index is 1.68. The van der Waals surface area contributed by atoms with Gasteiger partial charge in [0.05, 0.1) is 6.10 Å². The molecular weight excluding hydrogens is 324 g/mol. The Kier molecular flexibility index (Phi) is 6.95. The number of ether oxygens (including phenoxy) is 2. The summed E-state index contributed by atoms with van der Waals surface area (Å²) in [5.74, 6) is 7.55. The molecular formula is C23H34O3.